The number of nitrogens with one attached hydrogen (secondary N) is 1. The Kier molecular flexibility index (Phi) is 5.95. The molecule has 1 aromatic carbocycles. The van der Waals surface area contributed by atoms with Crippen LogP contribution in [-0.4, -0.2) is 15.9 Å². The van der Waals surface area contributed by atoms with Crippen LogP contribution in [0.2, 0.25) is 0 Å². The van der Waals surface area contributed by atoms with Crippen LogP contribution in [0.25, 0.3) is 0 Å². The average molecular weight is 319 g/mol. The molecule has 1 atom stereocenters. The summed E-state index contributed by atoms with van der Waals surface area (Å²) in [5.41, 5.74) is 2.24. The van der Waals surface area contributed by atoms with Gasteiger partial charge in [0.15, 0.2) is 0 Å². The Morgan fingerprint density at radius 1 is 1.23 bits per heavy atom. The minimum Gasteiger partial charge on any atom is -0.467 e. The number of carbonyl (C=O) groups is 1. The van der Waals surface area contributed by atoms with Gasteiger partial charge in [0.05, 0.1) is 12.8 Å². The zero-order valence-electron chi connectivity index (χ0n) is 12.9. The largest absolute Gasteiger partial charge is 0.467 e. The van der Waals surface area contributed by atoms with Gasteiger partial charge < -0.3 is 9.73 Å². The van der Waals surface area contributed by atoms with Gasteiger partial charge in [0.2, 0.25) is 5.91 Å². The van der Waals surface area contributed by atoms with Crippen molar-refractivity contribution in [1.29, 1.82) is 0 Å². The summed E-state index contributed by atoms with van der Waals surface area (Å²) < 4.78 is 17.2. The van der Waals surface area contributed by atoms with E-state index in [4.69, 9.17) is 4.42 Å². The molecular formula is C17H21NO3S. The van der Waals surface area contributed by atoms with Crippen molar-refractivity contribution >= 4 is 16.7 Å². The molecule has 0 fully saturated rings. The first kappa shape index (κ1) is 16.5. The molecule has 22 heavy (non-hydrogen) atoms. The van der Waals surface area contributed by atoms with Crippen LogP contribution in [0, 0.1) is 0 Å². The summed E-state index contributed by atoms with van der Waals surface area (Å²) in [6.07, 6.45) is 1.56. The third-order valence-electron chi connectivity index (χ3n) is 3.31. The first-order valence-corrected chi connectivity index (χ1v) is 8.76. The van der Waals surface area contributed by atoms with Crippen LogP contribution in [0.4, 0.5) is 0 Å². The van der Waals surface area contributed by atoms with Crippen LogP contribution in [0.5, 0.6) is 0 Å². The van der Waals surface area contributed by atoms with Gasteiger partial charge in [-0.3, -0.25) is 9.00 Å². The third-order valence-corrected chi connectivity index (χ3v) is 4.55. The molecule has 0 spiro atoms. The highest BCUT2D eigenvalue weighted by Crippen LogP contribution is 2.15. The number of furan rings is 1. The van der Waals surface area contributed by atoms with E-state index in [-0.39, 0.29) is 11.7 Å². The maximum absolute atomic E-state index is 12.0. The second-order valence-corrected chi connectivity index (χ2v) is 6.94. The Morgan fingerprint density at radius 3 is 2.55 bits per heavy atom. The molecule has 5 heteroatoms. The van der Waals surface area contributed by atoms with Crippen LogP contribution in [0.3, 0.4) is 0 Å². The molecule has 0 aliphatic carbocycles. The smallest absolute Gasteiger partial charge is 0.233 e. The standard InChI is InChI=1S/C17H21NO3S/c1-13(2)15-7-5-14(6-8-15)11-22(20)12-17(19)18-10-16-4-3-9-21-16/h3-9,13H,10-12H2,1-2H3,(H,18,19)/t22-/m0/s1. The van der Waals surface area contributed by atoms with Gasteiger partial charge in [0.1, 0.15) is 11.5 Å². The normalized spacial score (nSPS) is 12.3. The molecule has 4 nitrogen and oxygen atoms in total. The van der Waals surface area contributed by atoms with E-state index >= 15 is 0 Å². The lowest BCUT2D eigenvalue weighted by Gasteiger charge is -2.07. The molecule has 0 saturated heterocycles. The molecule has 1 aromatic heterocycles. The zero-order chi connectivity index (χ0) is 15.9. The van der Waals surface area contributed by atoms with Crippen molar-refractivity contribution in [3.8, 4) is 0 Å². The maximum Gasteiger partial charge on any atom is 0.233 e. The lowest BCUT2D eigenvalue weighted by Crippen LogP contribution is -2.28. The Bertz CT molecular complexity index is 618. The Hall–Kier alpha value is -1.88. The van der Waals surface area contributed by atoms with Crippen molar-refractivity contribution in [2.75, 3.05) is 5.75 Å². The second-order valence-electron chi connectivity index (χ2n) is 5.48. The molecule has 1 N–H and O–H groups in total. The molecule has 1 heterocycles. The monoisotopic (exact) mass is 319 g/mol. The molecule has 0 unspecified atom stereocenters. The van der Waals surface area contributed by atoms with E-state index in [1.807, 2.05) is 24.3 Å². The van der Waals surface area contributed by atoms with Gasteiger partial charge in [-0.05, 0) is 29.2 Å². The van der Waals surface area contributed by atoms with Crippen LogP contribution >= 0.6 is 0 Å². The van der Waals surface area contributed by atoms with Crippen molar-refractivity contribution in [2.45, 2.75) is 32.1 Å². The lowest BCUT2D eigenvalue weighted by atomic mass is 10.0. The van der Waals surface area contributed by atoms with Gasteiger partial charge >= 0.3 is 0 Å². The van der Waals surface area contributed by atoms with Gasteiger partial charge in [-0.2, -0.15) is 0 Å². The molecule has 0 saturated carbocycles. The fraction of sp³-hybridized carbons (Fsp3) is 0.353. The highest BCUT2D eigenvalue weighted by atomic mass is 32.2. The molecule has 1 amide bonds. The second kappa shape index (κ2) is 7.94. The van der Waals surface area contributed by atoms with E-state index < -0.39 is 10.8 Å². The number of amides is 1. The summed E-state index contributed by atoms with van der Waals surface area (Å²) in [6, 6.07) is 11.6. The molecule has 118 valence electrons. The van der Waals surface area contributed by atoms with Crippen molar-refractivity contribution < 1.29 is 13.4 Å². The summed E-state index contributed by atoms with van der Waals surface area (Å²) in [4.78, 5) is 11.7. The fourth-order valence-corrected chi connectivity index (χ4v) is 3.09. The lowest BCUT2D eigenvalue weighted by molar-refractivity contribution is -0.118. The summed E-state index contributed by atoms with van der Waals surface area (Å²) in [7, 11) is -1.21. The SMILES string of the molecule is CC(C)c1ccc(C[S@](=O)CC(=O)NCc2ccco2)cc1. The molecule has 2 rings (SSSR count). The third kappa shape index (κ3) is 5.15. The number of rotatable bonds is 7. The number of benzene rings is 1. The summed E-state index contributed by atoms with van der Waals surface area (Å²) in [5.74, 6) is 1.34. The fourth-order valence-electron chi connectivity index (χ4n) is 2.03. The number of hydrogen-bond acceptors (Lipinski definition) is 3. The van der Waals surface area contributed by atoms with Crippen LogP contribution < -0.4 is 5.32 Å². The van der Waals surface area contributed by atoms with E-state index in [9.17, 15) is 9.00 Å². The first-order valence-electron chi connectivity index (χ1n) is 7.27. The zero-order valence-corrected chi connectivity index (χ0v) is 13.7. The van der Waals surface area contributed by atoms with E-state index in [2.05, 4.69) is 19.2 Å². The van der Waals surface area contributed by atoms with Gasteiger partial charge in [0, 0.05) is 16.6 Å². The Morgan fingerprint density at radius 2 is 1.95 bits per heavy atom. The molecule has 0 bridgehead atoms. The van der Waals surface area contributed by atoms with Crippen molar-refractivity contribution in [3.05, 3.63) is 59.5 Å². The molecular weight excluding hydrogens is 298 g/mol. The molecule has 0 aliphatic rings. The molecule has 0 radical (unpaired) electrons. The Labute approximate surface area is 133 Å². The van der Waals surface area contributed by atoms with Crippen molar-refractivity contribution in [1.82, 2.24) is 5.32 Å². The minimum atomic E-state index is -1.21. The summed E-state index contributed by atoms with van der Waals surface area (Å²) in [5, 5.41) is 2.70. The van der Waals surface area contributed by atoms with Gasteiger partial charge in [0.25, 0.3) is 0 Å². The van der Waals surface area contributed by atoms with E-state index in [1.54, 1.807) is 18.4 Å². The van der Waals surface area contributed by atoms with Gasteiger partial charge in [-0.25, -0.2) is 0 Å². The highest BCUT2D eigenvalue weighted by Gasteiger charge is 2.09. The molecule has 2 aromatic rings. The summed E-state index contributed by atoms with van der Waals surface area (Å²) >= 11 is 0. The average Bonchev–Trinajstić information content (AvgIpc) is 2.99. The van der Waals surface area contributed by atoms with Crippen LogP contribution in [0.15, 0.2) is 47.1 Å². The topological polar surface area (TPSA) is 59.3 Å². The van der Waals surface area contributed by atoms with Crippen LogP contribution in [0.1, 0.15) is 36.7 Å². The quantitative estimate of drug-likeness (QED) is 0.853. The van der Waals surface area contributed by atoms with Crippen molar-refractivity contribution in [2.24, 2.45) is 0 Å². The van der Waals surface area contributed by atoms with Gasteiger partial charge in [-0.1, -0.05) is 38.1 Å². The van der Waals surface area contributed by atoms with E-state index in [1.165, 1.54) is 5.56 Å². The number of hydrogen-bond donors (Lipinski definition) is 1. The van der Waals surface area contributed by atoms with E-state index in [0.717, 1.165) is 5.56 Å². The Balaban J connectivity index is 1.78. The molecule has 0 aliphatic heterocycles. The predicted octanol–water partition coefficient (Wildman–Crippen LogP) is 2.97. The summed E-state index contributed by atoms with van der Waals surface area (Å²) in [6.45, 7) is 4.60. The predicted molar refractivity (Wildman–Crippen MR) is 87.8 cm³/mol. The number of carbonyl (C=O) groups excluding carboxylic acids is 1. The first-order chi connectivity index (χ1) is 10.5. The van der Waals surface area contributed by atoms with Gasteiger partial charge in [-0.15, -0.1) is 0 Å². The highest BCUT2D eigenvalue weighted by molar-refractivity contribution is 7.84. The van der Waals surface area contributed by atoms with E-state index in [0.29, 0.717) is 24.0 Å². The van der Waals surface area contributed by atoms with Crippen molar-refractivity contribution in [3.63, 3.8) is 0 Å². The van der Waals surface area contributed by atoms with Crippen LogP contribution in [-0.2, 0) is 27.9 Å². The minimum absolute atomic E-state index is 0.00659. The maximum atomic E-state index is 12.0.